The van der Waals surface area contributed by atoms with Crippen molar-refractivity contribution in [2.75, 3.05) is 19.8 Å². The Bertz CT molecular complexity index is 2840. The summed E-state index contributed by atoms with van der Waals surface area (Å²) >= 11 is 0. The highest BCUT2D eigenvalue weighted by atomic mass is 32.2. The van der Waals surface area contributed by atoms with Crippen LogP contribution in [0.3, 0.4) is 0 Å². The third-order valence-corrected chi connectivity index (χ3v) is 12.9. The predicted octanol–water partition coefficient (Wildman–Crippen LogP) is 8.06. The van der Waals surface area contributed by atoms with Gasteiger partial charge in [-0.25, -0.2) is 0 Å². The molecule has 0 spiro atoms. The van der Waals surface area contributed by atoms with Crippen molar-refractivity contribution in [3.8, 4) is 39.1 Å². The number of hydrogen-bond acceptors (Lipinski definition) is 8. The lowest BCUT2D eigenvalue weighted by atomic mass is 9.86. The third-order valence-electron chi connectivity index (χ3n) is 11.2. The van der Waals surface area contributed by atoms with E-state index in [9.17, 15) is 30.7 Å². The fourth-order valence-electron chi connectivity index (χ4n) is 7.80. The van der Waals surface area contributed by atoms with Crippen molar-refractivity contribution < 1.29 is 40.2 Å². The van der Waals surface area contributed by atoms with Crippen LogP contribution in [0.25, 0.3) is 33.4 Å². The number of carbonyl (C=O) groups excluding carboxylic acids is 1. The van der Waals surface area contributed by atoms with E-state index in [0.29, 0.717) is 101 Å². The summed E-state index contributed by atoms with van der Waals surface area (Å²) in [6.07, 6.45) is 0.683. The van der Waals surface area contributed by atoms with Gasteiger partial charge in [0.2, 0.25) is 0 Å². The highest BCUT2D eigenvalue weighted by Crippen LogP contribution is 2.46. The number of hydrogen-bond donors (Lipinski definition) is 3. The van der Waals surface area contributed by atoms with E-state index in [-0.39, 0.29) is 22.3 Å². The standard InChI is InChI=1S/C47H44N2O9S2/c1-30-12-16-38(59(51,52)53)23-42(30)35-21-44(43-24-39(60(54,55)56)17-13-31(43)2)46(45(22-35)58-27-32-8-4-3-5-9-32)40-10-6-7-11-41(40)47(50)49-19-18-34-15-14-33(20-36(34)26-49)25-48-37-28-57-29-37/h3-17,20-24,37,48H,18-19,25-29H2,1-2H3,(H,51,52,53)(H,54,55,56). The van der Waals surface area contributed by atoms with Gasteiger partial charge in [-0.2, -0.15) is 16.8 Å². The Labute approximate surface area is 350 Å². The quantitative estimate of drug-likeness (QED) is 0.103. The van der Waals surface area contributed by atoms with Crippen LogP contribution in [0, 0.1) is 13.8 Å². The highest BCUT2D eigenvalue weighted by molar-refractivity contribution is 7.86. The van der Waals surface area contributed by atoms with Crippen LogP contribution in [0.4, 0.5) is 0 Å². The van der Waals surface area contributed by atoms with E-state index >= 15 is 0 Å². The van der Waals surface area contributed by atoms with Crippen molar-refractivity contribution in [2.45, 2.75) is 55.8 Å². The Hall–Kier alpha value is -5.67. The SMILES string of the molecule is Cc1ccc(S(=O)(=O)O)cc1-c1cc(OCc2ccccc2)c(-c2ccccc2C(=O)N2CCc3ccc(CNC4COC4)cc3C2)c(-c2cc(S(=O)(=O)O)ccc2C)c1. The van der Waals surface area contributed by atoms with Crippen LogP contribution in [0.1, 0.15) is 43.7 Å². The second-order valence-corrected chi connectivity index (χ2v) is 18.2. The number of fused-ring (bicyclic) bond motifs is 1. The van der Waals surface area contributed by atoms with Crippen molar-refractivity contribution in [3.05, 3.63) is 160 Å². The Morgan fingerprint density at radius 1 is 0.717 bits per heavy atom. The van der Waals surface area contributed by atoms with Crippen molar-refractivity contribution in [3.63, 3.8) is 0 Å². The molecule has 0 aliphatic carbocycles. The zero-order chi connectivity index (χ0) is 42.2. The van der Waals surface area contributed by atoms with Gasteiger partial charge in [0.05, 0.1) is 29.0 Å². The molecular formula is C47H44N2O9S2. The zero-order valence-corrected chi connectivity index (χ0v) is 34.7. The molecule has 6 aromatic carbocycles. The first-order chi connectivity index (χ1) is 28.7. The molecule has 2 aliphatic heterocycles. The topological polar surface area (TPSA) is 160 Å². The average Bonchev–Trinajstić information content (AvgIpc) is 3.21. The molecule has 1 amide bonds. The molecule has 2 aliphatic rings. The van der Waals surface area contributed by atoms with Crippen LogP contribution in [0.2, 0.25) is 0 Å². The zero-order valence-electron chi connectivity index (χ0n) is 33.1. The van der Waals surface area contributed by atoms with Gasteiger partial charge in [-0.1, -0.05) is 78.9 Å². The van der Waals surface area contributed by atoms with Gasteiger partial charge in [0.15, 0.2) is 0 Å². The molecule has 13 heteroatoms. The molecule has 1 fully saturated rings. The van der Waals surface area contributed by atoms with E-state index < -0.39 is 20.2 Å². The molecule has 0 radical (unpaired) electrons. The Balaban J connectivity index is 1.30. The minimum atomic E-state index is -4.64. The normalized spacial score (nSPS) is 14.4. The number of carbonyl (C=O) groups is 1. The van der Waals surface area contributed by atoms with Gasteiger partial charge in [0.1, 0.15) is 12.4 Å². The maximum absolute atomic E-state index is 14.9. The summed E-state index contributed by atoms with van der Waals surface area (Å²) in [5.74, 6) is 0.133. The first-order valence-electron chi connectivity index (χ1n) is 19.6. The van der Waals surface area contributed by atoms with E-state index in [1.54, 1.807) is 50.2 Å². The lowest BCUT2D eigenvalue weighted by molar-refractivity contribution is -0.00579. The molecule has 0 aromatic heterocycles. The van der Waals surface area contributed by atoms with Crippen LogP contribution < -0.4 is 10.1 Å². The van der Waals surface area contributed by atoms with Crippen molar-refractivity contribution in [1.29, 1.82) is 0 Å². The number of aryl methyl sites for hydroxylation is 2. The number of nitrogens with one attached hydrogen (secondary N) is 1. The van der Waals surface area contributed by atoms with E-state index in [4.69, 9.17) is 9.47 Å². The molecule has 8 rings (SSSR count). The van der Waals surface area contributed by atoms with Gasteiger partial charge in [-0.05, 0) is 124 Å². The predicted molar refractivity (Wildman–Crippen MR) is 229 cm³/mol. The summed E-state index contributed by atoms with van der Waals surface area (Å²) in [5, 5.41) is 3.51. The van der Waals surface area contributed by atoms with Crippen molar-refractivity contribution in [2.24, 2.45) is 0 Å². The molecule has 6 aromatic rings. The first-order valence-corrected chi connectivity index (χ1v) is 22.4. The number of benzene rings is 6. The van der Waals surface area contributed by atoms with Gasteiger partial charge in [-0.15, -0.1) is 0 Å². The molecule has 60 heavy (non-hydrogen) atoms. The highest BCUT2D eigenvalue weighted by Gasteiger charge is 2.28. The molecular weight excluding hydrogens is 801 g/mol. The molecule has 2 heterocycles. The minimum Gasteiger partial charge on any atom is -0.488 e. The van der Waals surface area contributed by atoms with Crippen LogP contribution in [0.15, 0.2) is 131 Å². The Kier molecular flexibility index (Phi) is 11.5. The van der Waals surface area contributed by atoms with Gasteiger partial charge < -0.3 is 19.7 Å². The maximum atomic E-state index is 14.9. The van der Waals surface area contributed by atoms with Gasteiger partial charge in [0.25, 0.3) is 26.1 Å². The molecule has 308 valence electrons. The molecule has 0 unspecified atom stereocenters. The Morgan fingerprint density at radius 3 is 2.07 bits per heavy atom. The van der Waals surface area contributed by atoms with Crippen LogP contribution >= 0.6 is 0 Å². The van der Waals surface area contributed by atoms with Gasteiger partial charge >= 0.3 is 0 Å². The summed E-state index contributed by atoms with van der Waals surface area (Å²) in [7, 11) is -9.22. The second kappa shape index (κ2) is 16.8. The summed E-state index contributed by atoms with van der Waals surface area (Å²) in [4.78, 5) is 16.1. The Morgan fingerprint density at radius 2 is 1.38 bits per heavy atom. The summed E-state index contributed by atoms with van der Waals surface area (Å²) in [6.45, 7) is 6.73. The summed E-state index contributed by atoms with van der Waals surface area (Å²) in [6, 6.07) is 35.6. The molecule has 0 saturated carbocycles. The minimum absolute atomic E-state index is 0.120. The third kappa shape index (κ3) is 8.78. The van der Waals surface area contributed by atoms with Crippen LogP contribution in [-0.2, 0) is 51.1 Å². The van der Waals surface area contributed by atoms with Crippen LogP contribution in [0.5, 0.6) is 5.75 Å². The van der Waals surface area contributed by atoms with E-state index in [2.05, 4.69) is 23.5 Å². The molecule has 11 nitrogen and oxygen atoms in total. The van der Waals surface area contributed by atoms with Gasteiger partial charge in [-0.3, -0.25) is 13.9 Å². The van der Waals surface area contributed by atoms with Crippen molar-refractivity contribution >= 4 is 26.1 Å². The van der Waals surface area contributed by atoms with E-state index in [0.717, 1.165) is 16.7 Å². The summed E-state index contributed by atoms with van der Waals surface area (Å²) in [5.41, 5.74) is 8.89. The van der Waals surface area contributed by atoms with E-state index in [1.807, 2.05) is 47.4 Å². The van der Waals surface area contributed by atoms with Crippen molar-refractivity contribution in [1.82, 2.24) is 10.2 Å². The fourth-order valence-corrected chi connectivity index (χ4v) is 8.82. The maximum Gasteiger partial charge on any atom is 0.294 e. The molecule has 3 N–H and O–H groups in total. The van der Waals surface area contributed by atoms with Gasteiger partial charge in [0, 0.05) is 30.8 Å². The lowest BCUT2D eigenvalue weighted by Gasteiger charge is -2.31. The number of nitrogens with zero attached hydrogens (tertiary/aromatic N) is 1. The molecule has 0 bridgehead atoms. The monoisotopic (exact) mass is 844 g/mol. The largest absolute Gasteiger partial charge is 0.488 e. The fraction of sp³-hybridized carbons (Fsp3) is 0.213. The summed E-state index contributed by atoms with van der Waals surface area (Å²) < 4.78 is 82.1. The molecule has 0 atom stereocenters. The van der Waals surface area contributed by atoms with Crippen LogP contribution in [-0.4, -0.2) is 62.5 Å². The van der Waals surface area contributed by atoms with E-state index in [1.165, 1.54) is 29.8 Å². The number of rotatable bonds is 12. The number of ether oxygens (including phenoxy) is 2. The second-order valence-electron chi connectivity index (χ2n) is 15.3. The molecule has 1 saturated heterocycles. The average molecular weight is 845 g/mol. The first kappa shape index (κ1) is 41.1. The lowest BCUT2D eigenvalue weighted by Crippen LogP contribution is -2.45. The number of amides is 1. The smallest absolute Gasteiger partial charge is 0.294 e.